The van der Waals surface area contributed by atoms with E-state index in [9.17, 15) is 4.79 Å². The molecule has 4 heteroatoms. The van der Waals surface area contributed by atoms with Crippen molar-refractivity contribution in [3.8, 4) is 0 Å². The number of hydrogen-bond acceptors (Lipinski definition) is 3. The van der Waals surface area contributed by atoms with E-state index in [1.807, 2.05) is 19.3 Å². The summed E-state index contributed by atoms with van der Waals surface area (Å²) in [5.74, 6) is 0. The van der Waals surface area contributed by atoms with E-state index >= 15 is 0 Å². The summed E-state index contributed by atoms with van der Waals surface area (Å²) in [4.78, 5) is 14.9. The molecule has 0 aliphatic carbocycles. The minimum absolute atomic E-state index is 0.0600. The highest BCUT2D eigenvalue weighted by Gasteiger charge is 2.04. The predicted molar refractivity (Wildman–Crippen MR) is 36.4 cm³/mol. The van der Waals surface area contributed by atoms with Crippen LogP contribution in [0.4, 0.5) is 4.79 Å². The molecule has 1 atom stereocenters. The van der Waals surface area contributed by atoms with Crippen LogP contribution >= 0.6 is 0 Å². The minimum Gasteiger partial charge on any atom is -0.445 e. The Morgan fingerprint density at radius 3 is 2.70 bits per heavy atom. The maximum Gasteiger partial charge on any atom is 0.431 e. The summed E-state index contributed by atoms with van der Waals surface area (Å²) in [6.07, 6.45) is 0.198. The van der Waals surface area contributed by atoms with Gasteiger partial charge in [-0.05, 0) is 13.3 Å². The van der Waals surface area contributed by atoms with Gasteiger partial charge in [-0.15, -0.1) is 0 Å². The molecule has 1 amide bonds. The monoisotopic (exact) mass is 147 g/mol. The third-order valence-corrected chi connectivity index (χ3v) is 1.07. The second kappa shape index (κ2) is 5.05. The van der Waals surface area contributed by atoms with Gasteiger partial charge in [-0.3, -0.25) is 4.84 Å². The number of nitrogens with one attached hydrogen (secondary N) is 1. The molecule has 60 valence electrons. The summed E-state index contributed by atoms with van der Waals surface area (Å²) in [6, 6.07) is 0. The smallest absolute Gasteiger partial charge is 0.431 e. The lowest BCUT2D eigenvalue weighted by Gasteiger charge is -2.09. The molecule has 0 heterocycles. The van der Waals surface area contributed by atoms with Crippen molar-refractivity contribution >= 4 is 6.09 Å². The lowest BCUT2D eigenvalue weighted by atomic mass is 10.3. The van der Waals surface area contributed by atoms with Gasteiger partial charge in [-0.1, -0.05) is 6.92 Å². The van der Waals surface area contributed by atoms with Crippen molar-refractivity contribution in [1.29, 1.82) is 0 Å². The highest BCUT2D eigenvalue weighted by Crippen LogP contribution is 1.94. The van der Waals surface area contributed by atoms with E-state index < -0.39 is 6.09 Å². The zero-order valence-electron chi connectivity index (χ0n) is 6.51. The quantitative estimate of drug-likeness (QED) is 0.607. The van der Waals surface area contributed by atoms with Gasteiger partial charge in [0.15, 0.2) is 0 Å². The van der Waals surface area contributed by atoms with Crippen molar-refractivity contribution in [2.45, 2.75) is 26.4 Å². The van der Waals surface area contributed by atoms with Crippen molar-refractivity contribution < 1.29 is 14.4 Å². The fraction of sp³-hybridized carbons (Fsp3) is 0.833. The highest BCUT2D eigenvalue weighted by atomic mass is 16.7. The molecule has 4 nitrogen and oxygen atoms in total. The van der Waals surface area contributed by atoms with Crippen molar-refractivity contribution in [1.82, 2.24) is 5.48 Å². The first kappa shape index (κ1) is 9.23. The molecule has 10 heavy (non-hydrogen) atoms. The molecule has 0 fully saturated rings. The zero-order chi connectivity index (χ0) is 7.98. The molecule has 0 rings (SSSR count). The first-order valence-electron chi connectivity index (χ1n) is 3.20. The molecule has 0 aliphatic heterocycles. The molecule has 1 unspecified atom stereocenters. The van der Waals surface area contributed by atoms with E-state index in [0.29, 0.717) is 0 Å². The van der Waals surface area contributed by atoms with Gasteiger partial charge < -0.3 is 4.74 Å². The van der Waals surface area contributed by atoms with Crippen LogP contribution in [-0.2, 0) is 9.57 Å². The standard InChI is InChI=1S/C6H13NO3/c1-4-5(2)10-6(8)7-9-3/h5H,4H2,1-3H3,(H,7,8). The largest absolute Gasteiger partial charge is 0.445 e. The first-order chi connectivity index (χ1) is 4.70. The van der Waals surface area contributed by atoms with Gasteiger partial charge in [0.05, 0.1) is 7.11 Å². The van der Waals surface area contributed by atoms with Gasteiger partial charge in [0, 0.05) is 0 Å². The maximum absolute atomic E-state index is 10.6. The molecule has 0 aliphatic rings. The Kier molecular flexibility index (Phi) is 4.66. The molecule has 0 aromatic carbocycles. The number of carbonyl (C=O) groups is 1. The normalized spacial score (nSPS) is 12.3. The Bertz CT molecular complexity index is 105. The second-order valence-electron chi connectivity index (χ2n) is 1.93. The highest BCUT2D eigenvalue weighted by molar-refractivity contribution is 5.65. The van der Waals surface area contributed by atoms with E-state index in [2.05, 4.69) is 4.84 Å². The van der Waals surface area contributed by atoms with E-state index in [1.54, 1.807) is 0 Å². The molecular weight excluding hydrogens is 134 g/mol. The molecule has 0 aromatic heterocycles. The molecule has 0 saturated heterocycles. The van der Waals surface area contributed by atoms with Crippen LogP contribution in [0.3, 0.4) is 0 Å². The lowest BCUT2D eigenvalue weighted by molar-refractivity contribution is 0.0389. The molecular formula is C6H13NO3. The molecule has 0 radical (unpaired) electrons. The third kappa shape index (κ3) is 4.14. The third-order valence-electron chi connectivity index (χ3n) is 1.07. The number of hydrogen-bond donors (Lipinski definition) is 1. The number of hydroxylamine groups is 1. The Labute approximate surface area is 60.5 Å². The van der Waals surface area contributed by atoms with Crippen LogP contribution in [-0.4, -0.2) is 19.3 Å². The first-order valence-corrected chi connectivity index (χ1v) is 3.20. The van der Waals surface area contributed by atoms with Crippen LogP contribution in [0.15, 0.2) is 0 Å². The fourth-order valence-corrected chi connectivity index (χ4v) is 0.373. The number of ether oxygens (including phenoxy) is 1. The second-order valence-corrected chi connectivity index (χ2v) is 1.93. The number of rotatable bonds is 3. The van der Waals surface area contributed by atoms with Gasteiger partial charge >= 0.3 is 6.09 Å². The maximum atomic E-state index is 10.6. The number of amides is 1. The van der Waals surface area contributed by atoms with Crippen molar-refractivity contribution in [2.75, 3.05) is 7.11 Å². The molecule has 0 saturated carbocycles. The SMILES string of the molecule is CCC(C)OC(=O)NOC. The van der Waals surface area contributed by atoms with Crippen LogP contribution in [0.5, 0.6) is 0 Å². The average Bonchev–Trinajstić information content (AvgIpc) is 1.88. The average molecular weight is 147 g/mol. The van der Waals surface area contributed by atoms with Crippen molar-refractivity contribution in [3.63, 3.8) is 0 Å². The van der Waals surface area contributed by atoms with E-state index in [4.69, 9.17) is 4.74 Å². The van der Waals surface area contributed by atoms with Gasteiger partial charge in [0.1, 0.15) is 6.10 Å². The van der Waals surface area contributed by atoms with Gasteiger partial charge in [0.25, 0.3) is 0 Å². The predicted octanol–water partition coefficient (Wildman–Crippen LogP) is 1.07. The van der Waals surface area contributed by atoms with Crippen LogP contribution in [0.1, 0.15) is 20.3 Å². The Morgan fingerprint density at radius 1 is 1.70 bits per heavy atom. The summed E-state index contributed by atoms with van der Waals surface area (Å²) in [6.45, 7) is 3.75. The minimum atomic E-state index is -0.545. The topological polar surface area (TPSA) is 47.6 Å². The molecule has 0 spiro atoms. The van der Waals surface area contributed by atoms with Gasteiger partial charge in [-0.25, -0.2) is 4.79 Å². The Balaban J connectivity index is 3.37. The lowest BCUT2D eigenvalue weighted by Crippen LogP contribution is -2.26. The molecule has 0 aromatic rings. The summed E-state index contributed by atoms with van der Waals surface area (Å²) in [5.41, 5.74) is 2.05. The van der Waals surface area contributed by atoms with Gasteiger partial charge in [0.2, 0.25) is 0 Å². The molecule has 0 bridgehead atoms. The number of carbonyl (C=O) groups excluding carboxylic acids is 1. The van der Waals surface area contributed by atoms with Crippen LogP contribution in [0, 0.1) is 0 Å². The van der Waals surface area contributed by atoms with Crippen LogP contribution in [0.25, 0.3) is 0 Å². The van der Waals surface area contributed by atoms with E-state index in [0.717, 1.165) is 6.42 Å². The van der Waals surface area contributed by atoms with Crippen molar-refractivity contribution in [2.24, 2.45) is 0 Å². The van der Waals surface area contributed by atoms with Crippen LogP contribution < -0.4 is 5.48 Å². The van der Waals surface area contributed by atoms with Gasteiger partial charge in [-0.2, -0.15) is 5.48 Å². The summed E-state index contributed by atoms with van der Waals surface area (Å²) in [7, 11) is 1.36. The zero-order valence-corrected chi connectivity index (χ0v) is 6.51. The summed E-state index contributed by atoms with van der Waals surface area (Å²) < 4.78 is 4.76. The Morgan fingerprint density at radius 2 is 2.30 bits per heavy atom. The summed E-state index contributed by atoms with van der Waals surface area (Å²) in [5, 5.41) is 0. The molecule has 1 N–H and O–H groups in total. The Hall–Kier alpha value is -0.770. The van der Waals surface area contributed by atoms with Crippen molar-refractivity contribution in [3.05, 3.63) is 0 Å². The summed E-state index contributed by atoms with van der Waals surface area (Å²) >= 11 is 0. The van der Waals surface area contributed by atoms with E-state index in [1.165, 1.54) is 7.11 Å². The van der Waals surface area contributed by atoms with Crippen LogP contribution in [0.2, 0.25) is 0 Å². The fourth-order valence-electron chi connectivity index (χ4n) is 0.373. The van der Waals surface area contributed by atoms with E-state index in [-0.39, 0.29) is 6.10 Å².